The average Bonchev–Trinajstić information content (AvgIpc) is 2.27. The van der Waals surface area contributed by atoms with Crippen LogP contribution in [0.15, 0.2) is 45.2 Å². The Bertz CT molecular complexity index is 652. The van der Waals surface area contributed by atoms with Crippen molar-refractivity contribution >= 4 is 23.4 Å². The summed E-state index contributed by atoms with van der Waals surface area (Å²) in [4.78, 5) is 30.0. The van der Waals surface area contributed by atoms with Crippen LogP contribution in [0.2, 0.25) is 0 Å². The molecule has 0 aliphatic carbocycles. The van der Waals surface area contributed by atoms with Crippen molar-refractivity contribution in [3.8, 4) is 0 Å². The molecule has 0 atom stereocenters. The number of Topliss-reactive ketones (excluding diaryl/α,β-unsaturated/α-hetero) is 1. The molecule has 5 nitrogen and oxygen atoms in total. The molecule has 2 rings (SSSR count). The Kier molecular flexibility index (Phi) is 3.47. The van der Waals surface area contributed by atoms with Gasteiger partial charge >= 0.3 is 0 Å². The second-order valence-corrected chi connectivity index (χ2v) is 4.66. The lowest BCUT2D eigenvalue weighted by atomic mass is 10.1. The largest absolute Gasteiger partial charge is 0.383 e. The van der Waals surface area contributed by atoms with E-state index in [1.807, 2.05) is 6.07 Å². The topological polar surface area (TPSA) is 88.8 Å². The number of carbonyl (C=O) groups excluding carboxylic acids is 1. The van der Waals surface area contributed by atoms with E-state index >= 15 is 0 Å². The Morgan fingerprint density at radius 3 is 2.78 bits per heavy atom. The second-order valence-electron chi connectivity index (χ2n) is 3.63. The molecule has 1 aromatic carbocycles. The maximum absolute atomic E-state index is 11.5. The molecular weight excluding hydrogens is 250 g/mol. The number of nitrogens with two attached hydrogens (primary N) is 1. The van der Waals surface area contributed by atoms with E-state index in [-0.39, 0.29) is 17.2 Å². The van der Waals surface area contributed by atoms with Gasteiger partial charge in [0.25, 0.3) is 5.56 Å². The summed E-state index contributed by atoms with van der Waals surface area (Å²) >= 11 is 1.20. The first kappa shape index (κ1) is 12.4. The van der Waals surface area contributed by atoms with E-state index in [0.29, 0.717) is 10.7 Å². The summed E-state index contributed by atoms with van der Waals surface area (Å²) in [5.74, 6) is 0.117. The molecule has 0 unspecified atom stereocenters. The van der Waals surface area contributed by atoms with Gasteiger partial charge in [-0.25, -0.2) is 4.98 Å². The Balaban J connectivity index is 2.40. The number of hydrogen-bond acceptors (Lipinski definition) is 5. The zero-order valence-electron chi connectivity index (χ0n) is 9.64. The van der Waals surface area contributed by atoms with Crippen LogP contribution in [0.4, 0.5) is 5.82 Å². The maximum Gasteiger partial charge on any atom is 0.253 e. The van der Waals surface area contributed by atoms with Gasteiger partial charge in [-0.3, -0.25) is 9.59 Å². The fourth-order valence-electron chi connectivity index (χ4n) is 1.45. The van der Waals surface area contributed by atoms with Crippen LogP contribution in [0.5, 0.6) is 0 Å². The van der Waals surface area contributed by atoms with Crippen LogP contribution in [0.3, 0.4) is 0 Å². The quantitative estimate of drug-likeness (QED) is 0.648. The van der Waals surface area contributed by atoms with Crippen LogP contribution in [-0.2, 0) is 0 Å². The third-order valence-electron chi connectivity index (χ3n) is 2.21. The molecule has 3 N–H and O–H groups in total. The lowest BCUT2D eigenvalue weighted by Gasteiger charge is -2.05. The first-order valence-corrected chi connectivity index (χ1v) is 6.02. The summed E-state index contributed by atoms with van der Waals surface area (Å²) in [6.07, 6.45) is 0. The Hall–Kier alpha value is -2.08. The molecule has 6 heteroatoms. The van der Waals surface area contributed by atoms with Gasteiger partial charge in [0.2, 0.25) is 0 Å². The lowest BCUT2D eigenvalue weighted by molar-refractivity contribution is 0.101. The number of nitrogens with one attached hydrogen (secondary N) is 1. The predicted octanol–water partition coefficient (Wildman–Crippen LogP) is 1.71. The maximum atomic E-state index is 11.5. The average molecular weight is 261 g/mol. The molecule has 0 aliphatic rings. The summed E-state index contributed by atoms with van der Waals surface area (Å²) in [5.41, 5.74) is 5.78. The minimum Gasteiger partial charge on any atom is -0.383 e. The number of benzene rings is 1. The van der Waals surface area contributed by atoms with Crippen molar-refractivity contribution in [2.75, 3.05) is 5.73 Å². The highest BCUT2D eigenvalue weighted by Gasteiger charge is 2.09. The number of nitrogen functional groups attached to an aromatic ring is 1. The zero-order valence-corrected chi connectivity index (χ0v) is 10.5. The molecule has 1 aromatic heterocycles. The van der Waals surface area contributed by atoms with E-state index in [1.54, 1.807) is 18.2 Å². The highest BCUT2D eigenvalue weighted by Crippen LogP contribution is 2.27. The smallest absolute Gasteiger partial charge is 0.253 e. The standard InChI is InChI=1S/C12H11N3O2S/c1-7(16)8-4-2-3-5-9(8)18-12-14-10(13)6-11(17)15-12/h2-6H,1H3,(H3,13,14,15,17). The normalized spacial score (nSPS) is 10.3. The summed E-state index contributed by atoms with van der Waals surface area (Å²) < 4.78 is 0. The molecule has 2 aromatic rings. The second kappa shape index (κ2) is 5.05. The summed E-state index contributed by atoms with van der Waals surface area (Å²) in [7, 11) is 0. The molecule has 18 heavy (non-hydrogen) atoms. The number of anilines is 1. The van der Waals surface area contributed by atoms with E-state index in [2.05, 4.69) is 9.97 Å². The molecule has 0 bridgehead atoms. The molecule has 1 heterocycles. The molecular formula is C12H11N3O2S. The first-order chi connectivity index (χ1) is 8.56. The van der Waals surface area contributed by atoms with E-state index in [9.17, 15) is 9.59 Å². The van der Waals surface area contributed by atoms with Crippen LogP contribution in [-0.4, -0.2) is 15.8 Å². The van der Waals surface area contributed by atoms with Gasteiger partial charge in [-0.1, -0.05) is 30.0 Å². The van der Waals surface area contributed by atoms with Gasteiger partial charge in [-0.05, 0) is 13.0 Å². The number of aromatic nitrogens is 2. The van der Waals surface area contributed by atoms with Crippen molar-refractivity contribution in [1.82, 2.24) is 9.97 Å². The minimum absolute atomic E-state index is 0.0376. The third-order valence-corrected chi connectivity index (χ3v) is 3.18. The highest BCUT2D eigenvalue weighted by atomic mass is 32.2. The molecule has 0 amide bonds. The van der Waals surface area contributed by atoms with Gasteiger partial charge in [0.05, 0.1) is 0 Å². The summed E-state index contributed by atoms with van der Waals surface area (Å²) in [5, 5.41) is 0.369. The number of nitrogens with zero attached hydrogens (tertiary/aromatic N) is 1. The lowest BCUT2D eigenvalue weighted by Crippen LogP contribution is -2.09. The Morgan fingerprint density at radius 1 is 1.39 bits per heavy atom. The van der Waals surface area contributed by atoms with Gasteiger partial charge in [0.1, 0.15) is 5.82 Å². The van der Waals surface area contributed by atoms with Gasteiger partial charge in [0.15, 0.2) is 10.9 Å². The number of ketones is 1. The number of aromatic amines is 1. The Morgan fingerprint density at radius 2 is 2.11 bits per heavy atom. The number of rotatable bonds is 3. The zero-order chi connectivity index (χ0) is 13.1. The minimum atomic E-state index is -0.315. The van der Waals surface area contributed by atoms with E-state index in [1.165, 1.54) is 24.8 Å². The van der Waals surface area contributed by atoms with Crippen molar-refractivity contribution in [2.24, 2.45) is 0 Å². The number of hydrogen-bond donors (Lipinski definition) is 2. The molecule has 0 saturated heterocycles. The summed E-state index contributed by atoms with van der Waals surface area (Å²) in [6.45, 7) is 1.49. The van der Waals surface area contributed by atoms with Gasteiger partial charge in [0, 0.05) is 16.5 Å². The van der Waals surface area contributed by atoms with Crippen molar-refractivity contribution in [2.45, 2.75) is 17.0 Å². The van der Waals surface area contributed by atoms with Crippen LogP contribution in [0.1, 0.15) is 17.3 Å². The van der Waals surface area contributed by atoms with Crippen LogP contribution in [0, 0.1) is 0 Å². The summed E-state index contributed by atoms with van der Waals surface area (Å²) in [6, 6.07) is 8.34. The first-order valence-electron chi connectivity index (χ1n) is 5.21. The van der Waals surface area contributed by atoms with E-state index in [4.69, 9.17) is 5.73 Å². The van der Waals surface area contributed by atoms with Crippen LogP contribution >= 0.6 is 11.8 Å². The fourth-order valence-corrected chi connectivity index (χ4v) is 2.43. The van der Waals surface area contributed by atoms with E-state index in [0.717, 1.165) is 4.90 Å². The van der Waals surface area contributed by atoms with Gasteiger partial charge in [-0.2, -0.15) is 0 Å². The predicted molar refractivity (Wildman–Crippen MR) is 69.8 cm³/mol. The molecule has 0 aliphatic heterocycles. The SMILES string of the molecule is CC(=O)c1ccccc1Sc1nc(N)cc(=O)[nH]1. The monoisotopic (exact) mass is 261 g/mol. The number of carbonyl (C=O) groups is 1. The van der Waals surface area contributed by atoms with Gasteiger partial charge in [-0.15, -0.1) is 0 Å². The third kappa shape index (κ3) is 2.78. The van der Waals surface area contributed by atoms with Crippen LogP contribution in [0.25, 0.3) is 0 Å². The molecule has 92 valence electrons. The van der Waals surface area contributed by atoms with Crippen molar-refractivity contribution in [1.29, 1.82) is 0 Å². The van der Waals surface area contributed by atoms with Crippen molar-refractivity contribution < 1.29 is 4.79 Å². The molecule has 0 saturated carbocycles. The highest BCUT2D eigenvalue weighted by molar-refractivity contribution is 7.99. The Labute approximate surface area is 107 Å². The van der Waals surface area contributed by atoms with Crippen molar-refractivity contribution in [3.63, 3.8) is 0 Å². The van der Waals surface area contributed by atoms with Crippen molar-refractivity contribution in [3.05, 3.63) is 46.2 Å². The number of H-pyrrole nitrogens is 1. The fraction of sp³-hybridized carbons (Fsp3) is 0.0833. The molecule has 0 spiro atoms. The molecule has 0 fully saturated rings. The van der Waals surface area contributed by atoms with E-state index < -0.39 is 0 Å². The van der Waals surface area contributed by atoms with Crippen LogP contribution < -0.4 is 11.3 Å². The van der Waals surface area contributed by atoms with Gasteiger partial charge < -0.3 is 10.7 Å². The molecule has 0 radical (unpaired) electrons.